The normalized spacial score (nSPS) is 27.4. The Balaban J connectivity index is 1.95. The molecule has 1 aromatic carbocycles. The first-order chi connectivity index (χ1) is 9.87. The maximum Gasteiger partial charge on any atom is 0.0510 e. The van der Waals surface area contributed by atoms with Crippen molar-refractivity contribution in [3.63, 3.8) is 0 Å². The van der Waals surface area contributed by atoms with Crippen molar-refractivity contribution >= 4 is 0 Å². The van der Waals surface area contributed by atoms with E-state index in [9.17, 15) is 0 Å². The van der Waals surface area contributed by atoms with E-state index in [1.807, 2.05) is 0 Å². The van der Waals surface area contributed by atoms with Crippen molar-refractivity contribution in [1.82, 2.24) is 5.43 Å². The number of nitrogens with one attached hydrogen (secondary N) is 1. The van der Waals surface area contributed by atoms with Gasteiger partial charge in [-0.3, -0.25) is 11.3 Å². The molecule has 3 N–H and O–H groups in total. The zero-order chi connectivity index (χ0) is 13.8. The van der Waals surface area contributed by atoms with Crippen molar-refractivity contribution in [2.24, 2.45) is 11.8 Å². The summed E-state index contributed by atoms with van der Waals surface area (Å²) in [5, 5.41) is 0. The molecular formula is C17H26N2O. The third-order valence-electron chi connectivity index (χ3n) is 5.31. The molecule has 1 saturated carbocycles. The molecule has 1 aromatic rings. The van der Waals surface area contributed by atoms with Crippen molar-refractivity contribution in [3.8, 4) is 0 Å². The van der Waals surface area contributed by atoms with Crippen molar-refractivity contribution < 1.29 is 4.74 Å². The molecule has 3 nitrogen and oxygen atoms in total. The van der Waals surface area contributed by atoms with Crippen molar-refractivity contribution in [2.45, 2.75) is 50.0 Å². The third kappa shape index (κ3) is 2.50. The Morgan fingerprint density at radius 2 is 1.90 bits per heavy atom. The van der Waals surface area contributed by atoms with E-state index in [-0.39, 0.29) is 5.41 Å². The summed E-state index contributed by atoms with van der Waals surface area (Å²) in [6, 6.07) is 11.3. The molecule has 110 valence electrons. The fraction of sp³-hybridized carbons (Fsp3) is 0.647. The lowest BCUT2D eigenvalue weighted by Crippen LogP contribution is -2.56. The highest BCUT2D eigenvalue weighted by Crippen LogP contribution is 2.45. The average molecular weight is 274 g/mol. The summed E-state index contributed by atoms with van der Waals surface area (Å²) >= 11 is 0. The van der Waals surface area contributed by atoms with Crippen molar-refractivity contribution in [2.75, 3.05) is 13.2 Å². The van der Waals surface area contributed by atoms with Crippen LogP contribution in [0, 0.1) is 5.92 Å². The van der Waals surface area contributed by atoms with E-state index in [1.54, 1.807) is 0 Å². The van der Waals surface area contributed by atoms with Crippen LogP contribution in [0.4, 0.5) is 0 Å². The second-order valence-corrected chi connectivity index (χ2v) is 6.35. The number of nitrogens with two attached hydrogens (primary N) is 1. The molecule has 3 heteroatoms. The van der Waals surface area contributed by atoms with Crippen molar-refractivity contribution in [1.29, 1.82) is 0 Å². The molecule has 2 unspecified atom stereocenters. The molecular weight excluding hydrogens is 248 g/mol. The van der Waals surface area contributed by atoms with Gasteiger partial charge in [0.25, 0.3) is 0 Å². The molecule has 0 amide bonds. The van der Waals surface area contributed by atoms with Gasteiger partial charge in [-0.2, -0.15) is 0 Å². The molecule has 0 spiro atoms. The van der Waals surface area contributed by atoms with Gasteiger partial charge in [0.05, 0.1) is 6.61 Å². The molecule has 20 heavy (non-hydrogen) atoms. The van der Waals surface area contributed by atoms with Gasteiger partial charge in [-0.25, -0.2) is 0 Å². The summed E-state index contributed by atoms with van der Waals surface area (Å²) in [6.45, 7) is 1.73. The molecule has 2 atom stereocenters. The van der Waals surface area contributed by atoms with Crippen LogP contribution in [0.5, 0.6) is 0 Å². The van der Waals surface area contributed by atoms with Crippen LogP contribution < -0.4 is 11.3 Å². The SMILES string of the molecule is NNC(C1CCOC1)C1(c2ccccc2)CCCCC1. The van der Waals surface area contributed by atoms with Gasteiger partial charge in [-0.15, -0.1) is 0 Å². The van der Waals surface area contributed by atoms with Crippen LogP contribution in [0.2, 0.25) is 0 Å². The van der Waals surface area contributed by atoms with Crippen molar-refractivity contribution in [3.05, 3.63) is 35.9 Å². The van der Waals surface area contributed by atoms with Crippen LogP contribution in [0.1, 0.15) is 44.1 Å². The summed E-state index contributed by atoms with van der Waals surface area (Å²) in [6.07, 6.45) is 7.57. The number of hydrazine groups is 1. The molecule has 2 aliphatic rings. The fourth-order valence-corrected chi connectivity index (χ4v) is 4.29. The minimum absolute atomic E-state index is 0.187. The first-order valence-corrected chi connectivity index (χ1v) is 7.96. The van der Waals surface area contributed by atoms with Gasteiger partial charge in [0.2, 0.25) is 0 Å². The lowest BCUT2D eigenvalue weighted by atomic mass is 9.62. The topological polar surface area (TPSA) is 47.3 Å². The molecule has 2 fully saturated rings. The molecule has 0 radical (unpaired) electrons. The third-order valence-corrected chi connectivity index (χ3v) is 5.31. The second-order valence-electron chi connectivity index (χ2n) is 6.35. The smallest absolute Gasteiger partial charge is 0.0510 e. The first-order valence-electron chi connectivity index (χ1n) is 7.96. The molecule has 1 aliphatic carbocycles. The lowest BCUT2D eigenvalue weighted by molar-refractivity contribution is 0.132. The van der Waals surface area contributed by atoms with E-state index in [1.165, 1.54) is 37.7 Å². The van der Waals surface area contributed by atoms with Gasteiger partial charge in [-0.1, -0.05) is 49.6 Å². The largest absolute Gasteiger partial charge is 0.381 e. The predicted octanol–water partition coefficient (Wildman–Crippen LogP) is 2.76. The Kier molecular flexibility index (Phi) is 4.39. The van der Waals surface area contributed by atoms with E-state index in [0.717, 1.165) is 19.6 Å². The Bertz CT molecular complexity index is 408. The zero-order valence-electron chi connectivity index (χ0n) is 12.2. The van der Waals surface area contributed by atoms with Gasteiger partial charge in [0.15, 0.2) is 0 Å². The number of rotatable bonds is 4. The van der Waals surface area contributed by atoms with Crippen LogP contribution in [-0.4, -0.2) is 19.3 Å². The van der Waals surface area contributed by atoms with Crippen LogP contribution in [0.15, 0.2) is 30.3 Å². The van der Waals surface area contributed by atoms with E-state index in [0.29, 0.717) is 12.0 Å². The molecule has 1 saturated heterocycles. The minimum Gasteiger partial charge on any atom is -0.381 e. The number of hydrogen-bond acceptors (Lipinski definition) is 3. The molecule has 1 aliphatic heterocycles. The van der Waals surface area contributed by atoms with Crippen LogP contribution >= 0.6 is 0 Å². The standard InChI is InChI=1S/C17H26N2O/c18-19-16(14-9-12-20-13-14)17(10-5-2-6-11-17)15-7-3-1-4-8-15/h1,3-4,7-8,14,16,19H,2,5-6,9-13,18H2. The monoisotopic (exact) mass is 274 g/mol. The second kappa shape index (κ2) is 6.25. The summed E-state index contributed by atoms with van der Waals surface area (Å²) in [5.74, 6) is 6.54. The highest BCUT2D eigenvalue weighted by atomic mass is 16.5. The van der Waals surface area contributed by atoms with E-state index >= 15 is 0 Å². The Morgan fingerprint density at radius 3 is 2.50 bits per heavy atom. The van der Waals surface area contributed by atoms with Crippen LogP contribution in [0.25, 0.3) is 0 Å². The van der Waals surface area contributed by atoms with E-state index in [2.05, 4.69) is 35.8 Å². The quantitative estimate of drug-likeness (QED) is 0.655. The molecule has 1 heterocycles. The van der Waals surface area contributed by atoms with Crippen LogP contribution in [0.3, 0.4) is 0 Å². The van der Waals surface area contributed by atoms with E-state index in [4.69, 9.17) is 10.6 Å². The van der Waals surface area contributed by atoms with Gasteiger partial charge in [-0.05, 0) is 24.8 Å². The maximum absolute atomic E-state index is 6.00. The van der Waals surface area contributed by atoms with Gasteiger partial charge in [0, 0.05) is 24.0 Å². The maximum atomic E-state index is 6.00. The highest BCUT2D eigenvalue weighted by molar-refractivity contribution is 5.29. The van der Waals surface area contributed by atoms with Crippen LogP contribution in [-0.2, 0) is 10.2 Å². The molecule has 0 bridgehead atoms. The average Bonchev–Trinajstić information content (AvgIpc) is 3.04. The number of hydrogen-bond donors (Lipinski definition) is 2. The van der Waals surface area contributed by atoms with Gasteiger partial charge >= 0.3 is 0 Å². The highest BCUT2D eigenvalue weighted by Gasteiger charge is 2.45. The first kappa shape index (κ1) is 14.1. The summed E-state index contributed by atoms with van der Waals surface area (Å²) in [7, 11) is 0. The van der Waals surface area contributed by atoms with Gasteiger partial charge in [0.1, 0.15) is 0 Å². The Morgan fingerprint density at radius 1 is 1.15 bits per heavy atom. The zero-order valence-corrected chi connectivity index (χ0v) is 12.2. The predicted molar refractivity (Wildman–Crippen MR) is 81.2 cm³/mol. The summed E-state index contributed by atoms with van der Waals surface area (Å²) < 4.78 is 5.62. The molecule has 3 rings (SSSR count). The number of benzene rings is 1. The Labute approximate surface area is 121 Å². The minimum atomic E-state index is 0.187. The van der Waals surface area contributed by atoms with E-state index < -0.39 is 0 Å². The molecule has 0 aromatic heterocycles. The Hall–Kier alpha value is -0.900. The number of ether oxygens (including phenoxy) is 1. The van der Waals surface area contributed by atoms with Gasteiger partial charge < -0.3 is 4.74 Å². The fourth-order valence-electron chi connectivity index (χ4n) is 4.29. The summed E-state index contributed by atoms with van der Waals surface area (Å²) in [4.78, 5) is 0. The summed E-state index contributed by atoms with van der Waals surface area (Å²) in [5.41, 5.74) is 4.81. The lowest BCUT2D eigenvalue weighted by Gasteiger charge is -2.46.